The molecule has 0 radical (unpaired) electrons. The standard InChI is InChI=1S/C12H16NO/c1-5-10-8-7-9-11(6-2)12(10)13(3)14-4/h5,7-9H,1,3,6H2,2,4H3/q+1. The van der Waals surface area contributed by atoms with Gasteiger partial charge in [0, 0.05) is 10.3 Å². The average Bonchev–Trinajstić information content (AvgIpc) is 2.26. The Kier molecular flexibility index (Phi) is 3.46. The van der Waals surface area contributed by atoms with Crippen LogP contribution in [0.4, 0.5) is 5.69 Å². The Morgan fingerprint density at radius 3 is 2.71 bits per heavy atom. The number of para-hydroxylation sites is 1. The van der Waals surface area contributed by atoms with Crippen molar-refractivity contribution < 1.29 is 9.58 Å². The number of aryl methyl sites for hydroxylation is 1. The van der Waals surface area contributed by atoms with Crippen molar-refractivity contribution in [3.05, 3.63) is 35.9 Å². The summed E-state index contributed by atoms with van der Waals surface area (Å²) in [5.41, 5.74) is 3.24. The first-order chi connectivity index (χ1) is 6.74. The zero-order chi connectivity index (χ0) is 10.6. The highest BCUT2D eigenvalue weighted by molar-refractivity contribution is 5.63. The zero-order valence-electron chi connectivity index (χ0n) is 8.79. The first kappa shape index (κ1) is 10.5. The number of benzene rings is 1. The van der Waals surface area contributed by atoms with Crippen LogP contribution in [0.3, 0.4) is 0 Å². The van der Waals surface area contributed by atoms with Crippen molar-refractivity contribution >= 4 is 18.5 Å². The molecule has 2 nitrogen and oxygen atoms in total. The van der Waals surface area contributed by atoms with Crippen LogP contribution in [0.2, 0.25) is 0 Å². The van der Waals surface area contributed by atoms with Crippen LogP contribution in [0.1, 0.15) is 18.1 Å². The molecule has 0 aliphatic heterocycles. The Morgan fingerprint density at radius 1 is 1.50 bits per heavy atom. The molecule has 0 N–H and O–H groups in total. The van der Waals surface area contributed by atoms with E-state index in [1.54, 1.807) is 7.11 Å². The van der Waals surface area contributed by atoms with Crippen LogP contribution in [-0.2, 0) is 11.3 Å². The van der Waals surface area contributed by atoms with Gasteiger partial charge < -0.3 is 0 Å². The molecule has 1 rings (SSSR count). The molecule has 0 fully saturated rings. The lowest BCUT2D eigenvalue weighted by Gasteiger charge is -2.05. The number of hydrogen-bond donors (Lipinski definition) is 0. The molecule has 0 atom stereocenters. The summed E-state index contributed by atoms with van der Waals surface area (Å²) in [5, 5.41) is 0. The lowest BCUT2D eigenvalue weighted by Crippen LogP contribution is -2.04. The van der Waals surface area contributed by atoms with E-state index in [1.807, 2.05) is 18.2 Å². The summed E-state index contributed by atoms with van der Waals surface area (Å²) < 4.78 is 1.52. The Bertz CT molecular complexity index is 355. The van der Waals surface area contributed by atoms with E-state index in [9.17, 15) is 0 Å². The van der Waals surface area contributed by atoms with E-state index in [0.717, 1.165) is 17.7 Å². The normalized spacial score (nSPS) is 9.57. The van der Waals surface area contributed by atoms with Gasteiger partial charge in [0.05, 0.1) is 5.56 Å². The second-order valence-electron chi connectivity index (χ2n) is 2.97. The molecule has 74 valence electrons. The monoisotopic (exact) mass is 190 g/mol. The molecule has 0 saturated carbocycles. The molecule has 2 heteroatoms. The summed E-state index contributed by atoms with van der Waals surface area (Å²) in [6.07, 6.45) is 2.76. The molecule has 0 heterocycles. The lowest BCUT2D eigenvalue weighted by molar-refractivity contribution is -0.714. The highest BCUT2D eigenvalue weighted by atomic mass is 16.6. The summed E-state index contributed by atoms with van der Waals surface area (Å²) >= 11 is 0. The Balaban J connectivity index is 3.32. The van der Waals surface area contributed by atoms with Crippen molar-refractivity contribution in [2.75, 3.05) is 7.11 Å². The van der Waals surface area contributed by atoms with Crippen LogP contribution in [0.15, 0.2) is 24.8 Å². The maximum absolute atomic E-state index is 5.10. The van der Waals surface area contributed by atoms with E-state index in [1.165, 1.54) is 10.3 Å². The predicted molar refractivity (Wildman–Crippen MR) is 60.0 cm³/mol. The van der Waals surface area contributed by atoms with Crippen molar-refractivity contribution in [2.24, 2.45) is 0 Å². The minimum Gasteiger partial charge on any atom is -0.275 e. The number of hydrogen-bond acceptors (Lipinski definition) is 1. The van der Waals surface area contributed by atoms with Gasteiger partial charge in [-0.05, 0) is 12.5 Å². The van der Waals surface area contributed by atoms with Crippen molar-refractivity contribution in [3.8, 4) is 0 Å². The van der Waals surface area contributed by atoms with Crippen molar-refractivity contribution in [1.82, 2.24) is 0 Å². The third-order valence-corrected chi connectivity index (χ3v) is 2.22. The predicted octanol–water partition coefficient (Wildman–Crippen LogP) is 2.80. The van der Waals surface area contributed by atoms with Gasteiger partial charge in [-0.3, -0.25) is 4.84 Å². The molecule has 0 unspecified atom stereocenters. The van der Waals surface area contributed by atoms with Gasteiger partial charge in [-0.1, -0.05) is 31.7 Å². The largest absolute Gasteiger partial charge is 0.275 e. The van der Waals surface area contributed by atoms with Crippen molar-refractivity contribution in [1.29, 1.82) is 0 Å². The molecule has 0 saturated heterocycles. The van der Waals surface area contributed by atoms with Gasteiger partial charge >= 0.3 is 0 Å². The van der Waals surface area contributed by atoms with E-state index in [-0.39, 0.29) is 0 Å². The number of nitrogens with zero attached hydrogens (tertiary/aromatic N) is 1. The van der Waals surface area contributed by atoms with E-state index >= 15 is 0 Å². The quantitative estimate of drug-likeness (QED) is 0.404. The van der Waals surface area contributed by atoms with Gasteiger partial charge in [-0.15, -0.1) is 0 Å². The van der Waals surface area contributed by atoms with Crippen molar-refractivity contribution in [3.63, 3.8) is 0 Å². The van der Waals surface area contributed by atoms with Crippen molar-refractivity contribution in [2.45, 2.75) is 13.3 Å². The van der Waals surface area contributed by atoms with Crippen LogP contribution < -0.4 is 0 Å². The highest BCUT2D eigenvalue weighted by Crippen LogP contribution is 2.25. The summed E-state index contributed by atoms with van der Waals surface area (Å²) in [7, 11) is 1.60. The molecular weight excluding hydrogens is 174 g/mol. The SMILES string of the molecule is C=Cc1cccc(CC)c1[N+](=C)OC. The number of rotatable bonds is 4. The molecular formula is C12H16NO+. The fraction of sp³-hybridized carbons (Fsp3) is 0.250. The Morgan fingerprint density at radius 2 is 2.21 bits per heavy atom. The fourth-order valence-corrected chi connectivity index (χ4v) is 1.46. The first-order valence-corrected chi connectivity index (χ1v) is 4.63. The van der Waals surface area contributed by atoms with Crippen LogP contribution in [-0.4, -0.2) is 18.6 Å². The third-order valence-electron chi connectivity index (χ3n) is 2.22. The molecule has 0 aromatic heterocycles. The molecule has 1 aromatic rings. The minimum absolute atomic E-state index is 0.951. The topological polar surface area (TPSA) is 12.2 Å². The van der Waals surface area contributed by atoms with E-state index < -0.39 is 0 Å². The second-order valence-corrected chi connectivity index (χ2v) is 2.97. The fourth-order valence-electron chi connectivity index (χ4n) is 1.46. The summed E-state index contributed by atoms with van der Waals surface area (Å²) in [6.45, 7) is 9.69. The van der Waals surface area contributed by atoms with Crippen LogP contribution >= 0.6 is 0 Å². The zero-order valence-corrected chi connectivity index (χ0v) is 8.79. The minimum atomic E-state index is 0.951. The van der Waals surface area contributed by atoms with Crippen LogP contribution in [0, 0.1) is 0 Å². The van der Waals surface area contributed by atoms with Gasteiger partial charge in [-0.25, -0.2) is 0 Å². The molecule has 0 spiro atoms. The maximum atomic E-state index is 5.10. The van der Waals surface area contributed by atoms with Gasteiger partial charge in [0.1, 0.15) is 7.11 Å². The first-order valence-electron chi connectivity index (χ1n) is 4.63. The molecule has 0 aliphatic rings. The molecule has 0 aliphatic carbocycles. The lowest BCUT2D eigenvalue weighted by atomic mass is 10.1. The summed E-state index contributed by atoms with van der Waals surface area (Å²) in [4.78, 5) is 5.10. The van der Waals surface area contributed by atoms with Gasteiger partial charge in [0.2, 0.25) is 0 Å². The third kappa shape index (κ3) is 1.84. The Labute approximate surface area is 85.1 Å². The van der Waals surface area contributed by atoms with Gasteiger partial charge in [0.25, 0.3) is 5.69 Å². The maximum Gasteiger partial charge on any atom is 0.266 e. The summed E-state index contributed by atoms with van der Waals surface area (Å²) in [6, 6.07) is 6.08. The molecule has 14 heavy (non-hydrogen) atoms. The van der Waals surface area contributed by atoms with E-state index in [4.69, 9.17) is 4.84 Å². The van der Waals surface area contributed by atoms with Gasteiger partial charge in [-0.2, -0.15) is 0 Å². The average molecular weight is 190 g/mol. The second kappa shape index (κ2) is 4.61. The molecule has 1 aromatic carbocycles. The highest BCUT2D eigenvalue weighted by Gasteiger charge is 2.16. The van der Waals surface area contributed by atoms with Crippen LogP contribution in [0.25, 0.3) is 6.08 Å². The molecule has 0 amide bonds. The Hall–Kier alpha value is -1.57. The molecule has 0 bridgehead atoms. The van der Waals surface area contributed by atoms with Crippen LogP contribution in [0.5, 0.6) is 0 Å². The van der Waals surface area contributed by atoms with E-state index in [2.05, 4.69) is 26.3 Å². The summed E-state index contributed by atoms with van der Waals surface area (Å²) in [5.74, 6) is 0. The van der Waals surface area contributed by atoms with E-state index in [0.29, 0.717) is 0 Å². The smallest absolute Gasteiger partial charge is 0.266 e. The van der Waals surface area contributed by atoms with Gasteiger partial charge in [0.15, 0.2) is 6.72 Å².